The number of carbonyl (C=O) groups is 4. The number of hydrogen-bond acceptors (Lipinski definition) is 8. The quantitative estimate of drug-likeness (QED) is 0.279. The van der Waals surface area contributed by atoms with Crippen LogP contribution >= 0.6 is 0 Å². The second-order valence-corrected chi connectivity index (χ2v) is 5.89. The van der Waals surface area contributed by atoms with Crippen molar-refractivity contribution in [2.45, 2.75) is 54.4 Å². The van der Waals surface area contributed by atoms with E-state index in [1.165, 1.54) is 13.8 Å². The molecule has 0 saturated carbocycles. The van der Waals surface area contributed by atoms with E-state index in [1.54, 1.807) is 13.8 Å². The third-order valence-electron chi connectivity index (χ3n) is 2.77. The van der Waals surface area contributed by atoms with Gasteiger partial charge in [-0.05, 0) is 26.7 Å². The molecule has 0 aliphatic rings. The van der Waals surface area contributed by atoms with Gasteiger partial charge in [-0.3, -0.25) is 9.59 Å². The molecular weight excluding hydrogens is 368 g/mol. The molecule has 2 unspecified atom stereocenters. The third kappa shape index (κ3) is 19.1. The molecule has 0 amide bonds. The third-order valence-corrected chi connectivity index (χ3v) is 4.04. The average Bonchev–Trinajstić information content (AvgIpc) is 2.48. The fraction of sp³-hybridized carbons (Fsp3) is 0.750. The summed E-state index contributed by atoms with van der Waals surface area (Å²) in [6.45, 7) is 11.3. The summed E-state index contributed by atoms with van der Waals surface area (Å²) in [5.74, 6) is -5.04. The molecule has 0 saturated heterocycles. The molecule has 0 aliphatic carbocycles. The maximum absolute atomic E-state index is 10.4. The summed E-state index contributed by atoms with van der Waals surface area (Å²) in [6, 6.07) is 0. The van der Waals surface area contributed by atoms with Gasteiger partial charge in [0.25, 0.3) is 0 Å². The molecule has 0 aromatic rings. The van der Waals surface area contributed by atoms with Gasteiger partial charge in [0.05, 0.1) is 23.8 Å². The van der Waals surface area contributed by atoms with Gasteiger partial charge in [-0.2, -0.15) is 0 Å². The molecule has 0 N–H and O–H groups in total. The number of aliphatic carboxylic acids is 2. The molecule has 0 aromatic carbocycles. The van der Waals surface area contributed by atoms with Crippen molar-refractivity contribution in [2.24, 2.45) is 11.8 Å². The summed E-state index contributed by atoms with van der Waals surface area (Å²) in [7, 11) is 0. The van der Waals surface area contributed by atoms with E-state index in [2.05, 4.69) is 0 Å². The van der Waals surface area contributed by atoms with E-state index in [4.69, 9.17) is 6.64 Å². The molecule has 0 aromatic heterocycles. The van der Waals surface area contributed by atoms with Crippen molar-refractivity contribution in [3.05, 3.63) is 0 Å². The topological polar surface area (TPSA) is 133 Å². The first-order valence-electron chi connectivity index (χ1n) is 8.01. The summed E-state index contributed by atoms with van der Waals surface area (Å²) >= 11 is -0.486. The van der Waals surface area contributed by atoms with Crippen LogP contribution in [0.1, 0.15) is 54.4 Å². The molecule has 9 heteroatoms. The van der Waals surface area contributed by atoms with Gasteiger partial charge in [0.2, 0.25) is 0 Å². The fourth-order valence-electron chi connectivity index (χ4n) is 1.40. The Labute approximate surface area is 159 Å². The van der Waals surface area contributed by atoms with E-state index in [1.807, 2.05) is 13.8 Å². The van der Waals surface area contributed by atoms with E-state index < -0.39 is 43.7 Å². The molecule has 0 bridgehead atoms. The van der Waals surface area contributed by atoms with Crippen molar-refractivity contribution in [1.82, 2.24) is 0 Å². The number of carboxylic acids is 2. The molecule has 0 fully saturated rings. The summed E-state index contributed by atoms with van der Waals surface area (Å²) in [5, 5.41) is 20.1. The zero-order valence-corrected chi connectivity index (χ0v) is 17.3. The second-order valence-electron chi connectivity index (χ2n) is 4.73. The number of rotatable bonds is 10. The van der Waals surface area contributed by atoms with Crippen LogP contribution in [-0.2, 0) is 45.7 Å². The van der Waals surface area contributed by atoms with Crippen LogP contribution in [0.5, 0.6) is 0 Å². The normalized spacial score (nSPS) is 11.4. The van der Waals surface area contributed by atoms with Crippen molar-refractivity contribution in [3.63, 3.8) is 0 Å². The van der Waals surface area contributed by atoms with Gasteiger partial charge < -0.3 is 19.8 Å². The summed E-state index contributed by atoms with van der Waals surface area (Å²) in [4.78, 5) is 40.9. The van der Waals surface area contributed by atoms with Crippen LogP contribution in [0.2, 0.25) is 0 Å². The Kier molecular flexibility index (Phi) is 22.1. The van der Waals surface area contributed by atoms with Crippen molar-refractivity contribution in [2.75, 3.05) is 13.2 Å². The Morgan fingerprint density at radius 3 is 1.12 bits per heavy atom. The first-order chi connectivity index (χ1) is 11.6. The molecule has 2 atom stereocenters. The van der Waals surface area contributed by atoms with Crippen molar-refractivity contribution in [1.29, 1.82) is 0 Å². The van der Waals surface area contributed by atoms with Gasteiger partial charge in [-0.15, -0.1) is 0 Å². The molecule has 8 nitrogen and oxygen atoms in total. The zero-order valence-electron chi connectivity index (χ0n) is 15.7. The minimum absolute atomic E-state index is 0.317. The fourth-order valence-corrected chi connectivity index (χ4v) is 1.90. The molecule has 25 heavy (non-hydrogen) atoms. The van der Waals surface area contributed by atoms with Crippen LogP contribution in [0.3, 0.4) is 0 Å². The Balaban J connectivity index is -0.000000293. The number of Topliss-reactive ketones (excluding diaryl/α,β-unsaturated/α-hetero) is 2. The predicted molar refractivity (Wildman–Crippen MR) is 82.2 cm³/mol. The van der Waals surface area contributed by atoms with Crippen LogP contribution in [0.15, 0.2) is 0 Å². The van der Waals surface area contributed by atoms with E-state index >= 15 is 0 Å². The standard InChI is InChI=1S/2C6H10O3.2C2H5O.Ti/c2*1-3-5(4(2)7)6(8)9;2*1-2-3;/h2*5H,3H2,1-2H3,(H,8,9);2*2H2,1H3;/q;;2*-1;+4/p-2. The minimum atomic E-state index is -1.27. The van der Waals surface area contributed by atoms with E-state index in [0.29, 0.717) is 12.8 Å². The first-order valence-corrected chi connectivity index (χ1v) is 9.28. The number of carboxylic acid groups (broad SMARTS) is 2. The molecule has 0 aliphatic heterocycles. The molecule has 0 heterocycles. The van der Waals surface area contributed by atoms with Gasteiger partial charge in [0, 0.05) is 0 Å². The van der Waals surface area contributed by atoms with Gasteiger partial charge in [0.1, 0.15) is 11.6 Å². The van der Waals surface area contributed by atoms with Gasteiger partial charge in [-0.1, -0.05) is 13.8 Å². The SMILES string of the molecule is CCC(C(C)=O)C(=O)[O-].CCC(C(C)=O)C(=O)[O-].CC[O][Ti+2][O]CC. The molecule has 0 rings (SSSR count). The summed E-state index contributed by atoms with van der Waals surface area (Å²) in [5.41, 5.74) is 0. The monoisotopic (exact) mass is 396 g/mol. The number of hydrogen-bond donors (Lipinski definition) is 0. The van der Waals surface area contributed by atoms with E-state index in [-0.39, 0.29) is 11.6 Å². The molecule has 0 spiro atoms. The Morgan fingerprint density at radius 1 is 0.760 bits per heavy atom. The number of ketones is 2. The van der Waals surface area contributed by atoms with Crippen LogP contribution in [0.25, 0.3) is 0 Å². The first kappa shape index (κ1) is 28.7. The molecular formula is C16H28O8Ti. The summed E-state index contributed by atoms with van der Waals surface area (Å²) in [6.07, 6.45) is 0.634. The zero-order chi connectivity index (χ0) is 20.4. The van der Waals surface area contributed by atoms with Gasteiger partial charge in [-0.25, -0.2) is 0 Å². The van der Waals surface area contributed by atoms with Crippen molar-refractivity contribution < 1.29 is 56.0 Å². The van der Waals surface area contributed by atoms with E-state index in [9.17, 15) is 29.4 Å². The average molecular weight is 396 g/mol. The van der Waals surface area contributed by atoms with Crippen molar-refractivity contribution in [3.8, 4) is 0 Å². The van der Waals surface area contributed by atoms with Crippen LogP contribution < -0.4 is 10.2 Å². The van der Waals surface area contributed by atoms with Gasteiger partial charge >= 0.3 is 53.6 Å². The van der Waals surface area contributed by atoms with Crippen LogP contribution in [-0.4, -0.2) is 36.7 Å². The Bertz CT molecular complexity index is 334. The number of carbonyl (C=O) groups excluding carboxylic acids is 4. The van der Waals surface area contributed by atoms with Crippen LogP contribution in [0, 0.1) is 11.8 Å². The maximum atomic E-state index is 10.4. The Morgan fingerprint density at radius 2 is 1.04 bits per heavy atom. The van der Waals surface area contributed by atoms with Crippen LogP contribution in [0.4, 0.5) is 0 Å². The second kappa shape index (κ2) is 19.2. The molecule has 144 valence electrons. The Hall–Kier alpha value is -1.09. The molecule has 0 radical (unpaired) electrons. The van der Waals surface area contributed by atoms with E-state index in [0.717, 1.165) is 13.2 Å². The predicted octanol–water partition coefficient (Wildman–Crippen LogP) is -0.325. The van der Waals surface area contributed by atoms with Gasteiger partial charge in [0.15, 0.2) is 0 Å². The van der Waals surface area contributed by atoms with Crippen molar-refractivity contribution >= 4 is 23.5 Å². The summed E-state index contributed by atoms with van der Waals surface area (Å²) < 4.78 is 9.95.